The second-order valence-electron chi connectivity index (χ2n) is 7.31. The summed E-state index contributed by atoms with van der Waals surface area (Å²) in [6, 6.07) is 4.62. The average molecular weight is 431 g/mol. The molecule has 1 aromatic carbocycles. The Bertz CT molecular complexity index is 686. The van der Waals surface area contributed by atoms with E-state index in [-0.39, 0.29) is 12.3 Å². The van der Waals surface area contributed by atoms with Crippen LogP contribution in [0.1, 0.15) is 18.9 Å². The van der Waals surface area contributed by atoms with E-state index in [2.05, 4.69) is 24.8 Å². The predicted molar refractivity (Wildman–Crippen MR) is 110 cm³/mol. The quantitative estimate of drug-likeness (QED) is 0.532. The number of nitrogens with one attached hydrogen (secondary N) is 1. The van der Waals surface area contributed by atoms with Gasteiger partial charge in [0.25, 0.3) is 0 Å². The van der Waals surface area contributed by atoms with Gasteiger partial charge < -0.3 is 19.7 Å². The number of benzene rings is 1. The normalized spacial score (nSPS) is 21.1. The molecular formula is C20H29ClF2N4O2. The Labute approximate surface area is 175 Å². The Morgan fingerprint density at radius 3 is 2.86 bits per heavy atom. The van der Waals surface area contributed by atoms with Gasteiger partial charge in [-0.1, -0.05) is 11.6 Å². The summed E-state index contributed by atoms with van der Waals surface area (Å²) in [6.07, 6.45) is 1.11. The van der Waals surface area contributed by atoms with Crippen LogP contribution in [0.2, 0.25) is 5.02 Å². The van der Waals surface area contributed by atoms with Crippen LogP contribution in [0.4, 0.5) is 8.78 Å². The third-order valence-electron chi connectivity index (χ3n) is 5.18. The van der Waals surface area contributed by atoms with Gasteiger partial charge in [-0.2, -0.15) is 8.78 Å². The predicted octanol–water partition coefficient (Wildman–Crippen LogP) is 3.06. The first kappa shape index (κ1) is 22.1. The number of nitrogens with zero attached hydrogens (tertiary/aromatic N) is 3. The van der Waals surface area contributed by atoms with E-state index in [1.807, 2.05) is 6.92 Å². The van der Waals surface area contributed by atoms with E-state index in [0.29, 0.717) is 16.5 Å². The monoisotopic (exact) mass is 430 g/mol. The number of halogens is 3. The second kappa shape index (κ2) is 10.9. The zero-order chi connectivity index (χ0) is 20.6. The molecule has 0 amide bonds. The number of morpholine rings is 1. The molecule has 1 unspecified atom stereocenters. The van der Waals surface area contributed by atoms with Crippen LogP contribution in [0.15, 0.2) is 23.2 Å². The molecule has 0 radical (unpaired) electrons. The molecule has 3 rings (SSSR count). The van der Waals surface area contributed by atoms with Gasteiger partial charge in [-0.05, 0) is 37.5 Å². The lowest BCUT2D eigenvalue weighted by Crippen LogP contribution is -2.42. The molecule has 1 N–H and O–H groups in total. The molecule has 2 heterocycles. The molecule has 0 bridgehead atoms. The summed E-state index contributed by atoms with van der Waals surface area (Å²) in [7, 11) is 0. The van der Waals surface area contributed by atoms with Gasteiger partial charge in [0.05, 0.1) is 19.8 Å². The first-order valence-corrected chi connectivity index (χ1v) is 10.5. The first-order chi connectivity index (χ1) is 14.0. The Morgan fingerprint density at radius 1 is 1.34 bits per heavy atom. The van der Waals surface area contributed by atoms with E-state index in [9.17, 15) is 8.78 Å². The zero-order valence-electron chi connectivity index (χ0n) is 16.7. The van der Waals surface area contributed by atoms with Crippen molar-refractivity contribution in [2.24, 2.45) is 10.9 Å². The number of rotatable bonds is 7. The summed E-state index contributed by atoms with van der Waals surface area (Å²) < 4.78 is 35.4. The van der Waals surface area contributed by atoms with E-state index in [0.717, 1.165) is 64.9 Å². The van der Waals surface area contributed by atoms with E-state index in [4.69, 9.17) is 16.3 Å². The van der Waals surface area contributed by atoms with Crippen LogP contribution in [0.5, 0.6) is 5.75 Å². The highest BCUT2D eigenvalue weighted by atomic mass is 35.5. The molecule has 6 nitrogen and oxygen atoms in total. The Hall–Kier alpha value is -1.64. The van der Waals surface area contributed by atoms with Crippen molar-refractivity contribution in [2.75, 3.05) is 52.5 Å². The maximum absolute atomic E-state index is 12.7. The third kappa shape index (κ3) is 6.69. The minimum Gasteiger partial charge on any atom is -0.434 e. The summed E-state index contributed by atoms with van der Waals surface area (Å²) >= 11 is 6.04. The minimum atomic E-state index is -2.88. The second-order valence-corrected chi connectivity index (χ2v) is 7.75. The van der Waals surface area contributed by atoms with E-state index in [1.165, 1.54) is 12.1 Å². The number of ether oxygens (including phenoxy) is 2. The molecule has 2 aliphatic rings. The van der Waals surface area contributed by atoms with Gasteiger partial charge in [0.1, 0.15) is 5.75 Å². The highest BCUT2D eigenvalue weighted by Crippen LogP contribution is 2.26. The fourth-order valence-corrected chi connectivity index (χ4v) is 3.99. The van der Waals surface area contributed by atoms with Crippen LogP contribution >= 0.6 is 11.6 Å². The molecule has 0 saturated carbocycles. The largest absolute Gasteiger partial charge is 0.434 e. The molecule has 2 aliphatic heterocycles. The summed E-state index contributed by atoms with van der Waals surface area (Å²) in [5, 5.41) is 3.78. The maximum Gasteiger partial charge on any atom is 0.387 e. The number of likely N-dealkylation sites (tertiary alicyclic amines) is 1. The van der Waals surface area contributed by atoms with Crippen LogP contribution in [0, 0.1) is 5.92 Å². The van der Waals surface area contributed by atoms with Gasteiger partial charge in [-0.3, -0.25) is 4.90 Å². The van der Waals surface area contributed by atoms with Gasteiger partial charge in [-0.15, -0.1) is 0 Å². The van der Waals surface area contributed by atoms with Gasteiger partial charge in [0.2, 0.25) is 0 Å². The Morgan fingerprint density at radius 2 is 2.14 bits per heavy atom. The molecule has 0 spiro atoms. The van der Waals surface area contributed by atoms with Crippen LogP contribution in [-0.2, 0) is 11.3 Å². The van der Waals surface area contributed by atoms with Crippen LogP contribution < -0.4 is 10.1 Å². The highest BCUT2D eigenvalue weighted by molar-refractivity contribution is 6.30. The van der Waals surface area contributed by atoms with Crippen molar-refractivity contribution in [1.29, 1.82) is 0 Å². The van der Waals surface area contributed by atoms with Crippen molar-refractivity contribution in [2.45, 2.75) is 26.5 Å². The van der Waals surface area contributed by atoms with Crippen molar-refractivity contribution in [1.82, 2.24) is 15.1 Å². The van der Waals surface area contributed by atoms with E-state index < -0.39 is 6.61 Å². The van der Waals surface area contributed by atoms with E-state index in [1.54, 1.807) is 6.07 Å². The number of guanidine groups is 1. The maximum atomic E-state index is 12.7. The van der Waals surface area contributed by atoms with Crippen molar-refractivity contribution >= 4 is 17.6 Å². The summed E-state index contributed by atoms with van der Waals surface area (Å²) in [5.74, 6) is 1.48. The Kier molecular flexibility index (Phi) is 8.32. The fourth-order valence-electron chi connectivity index (χ4n) is 3.79. The van der Waals surface area contributed by atoms with Crippen molar-refractivity contribution in [3.05, 3.63) is 28.8 Å². The number of hydrogen-bond acceptors (Lipinski definition) is 4. The topological polar surface area (TPSA) is 49.3 Å². The van der Waals surface area contributed by atoms with Crippen molar-refractivity contribution in [3.63, 3.8) is 0 Å². The lowest BCUT2D eigenvalue weighted by molar-refractivity contribution is -0.0504. The molecule has 9 heteroatoms. The van der Waals surface area contributed by atoms with E-state index >= 15 is 0 Å². The third-order valence-corrected chi connectivity index (χ3v) is 5.41. The standard InChI is InChI=1S/C20H29ClF2N4O2/c1-2-24-20(25-12-16-11-17(21)3-4-18(16)29-19(22)23)27-6-5-15(14-27)13-26-7-9-28-10-8-26/h3-4,11,15,19H,2,5-10,12-14H2,1H3,(H,24,25). The average Bonchev–Trinajstić information content (AvgIpc) is 3.15. The summed E-state index contributed by atoms with van der Waals surface area (Å²) in [4.78, 5) is 9.37. The molecule has 2 fully saturated rings. The van der Waals surface area contributed by atoms with Gasteiger partial charge in [0.15, 0.2) is 5.96 Å². The lowest BCUT2D eigenvalue weighted by atomic mass is 10.1. The number of hydrogen-bond donors (Lipinski definition) is 1. The highest BCUT2D eigenvalue weighted by Gasteiger charge is 2.27. The minimum absolute atomic E-state index is 0.107. The van der Waals surface area contributed by atoms with Gasteiger partial charge in [-0.25, -0.2) is 4.99 Å². The molecule has 2 saturated heterocycles. The fraction of sp³-hybridized carbons (Fsp3) is 0.650. The van der Waals surface area contributed by atoms with Crippen LogP contribution in [-0.4, -0.2) is 74.9 Å². The van der Waals surface area contributed by atoms with Crippen molar-refractivity contribution < 1.29 is 18.3 Å². The van der Waals surface area contributed by atoms with Crippen molar-refractivity contribution in [3.8, 4) is 5.75 Å². The molecular weight excluding hydrogens is 402 g/mol. The molecule has 1 aromatic rings. The molecule has 0 aliphatic carbocycles. The first-order valence-electron chi connectivity index (χ1n) is 10.1. The van der Waals surface area contributed by atoms with Gasteiger partial charge >= 0.3 is 6.61 Å². The summed E-state index contributed by atoms with van der Waals surface area (Å²) in [5.41, 5.74) is 0.539. The zero-order valence-corrected chi connectivity index (χ0v) is 17.5. The molecule has 29 heavy (non-hydrogen) atoms. The smallest absolute Gasteiger partial charge is 0.387 e. The van der Waals surface area contributed by atoms with Crippen LogP contribution in [0.25, 0.3) is 0 Å². The number of alkyl halides is 2. The van der Waals surface area contributed by atoms with Gasteiger partial charge in [0, 0.05) is 49.9 Å². The summed E-state index contributed by atoms with van der Waals surface area (Å²) in [6.45, 7) is 6.61. The number of aliphatic imine (C=N–C) groups is 1. The lowest BCUT2D eigenvalue weighted by Gasteiger charge is -2.29. The molecule has 162 valence electrons. The molecule has 0 aromatic heterocycles. The molecule has 1 atom stereocenters. The van der Waals surface area contributed by atoms with Crippen LogP contribution in [0.3, 0.4) is 0 Å². The Balaban J connectivity index is 1.63. The SMILES string of the molecule is CCNC(=NCc1cc(Cl)ccc1OC(F)F)N1CCC(CN2CCOCC2)C1.